The summed E-state index contributed by atoms with van der Waals surface area (Å²) < 4.78 is 14.3. The maximum Gasteiger partial charge on any atom is 0.354 e. The Morgan fingerprint density at radius 3 is 2.65 bits per heavy atom. The third-order valence-electron chi connectivity index (χ3n) is 2.65. The first-order valence-electron chi connectivity index (χ1n) is 5.10. The SMILES string of the molecule is C[C@H](c1ccc(F)cc1)n1cncc1C(=O)O. The lowest BCUT2D eigenvalue weighted by atomic mass is 10.1. The smallest absolute Gasteiger partial charge is 0.354 e. The number of rotatable bonds is 3. The van der Waals surface area contributed by atoms with Crippen LogP contribution in [-0.4, -0.2) is 20.6 Å². The molecular weight excluding hydrogens is 223 g/mol. The quantitative estimate of drug-likeness (QED) is 0.886. The highest BCUT2D eigenvalue weighted by Crippen LogP contribution is 2.19. The number of carboxylic acid groups (broad SMARTS) is 1. The predicted molar refractivity (Wildman–Crippen MR) is 59.4 cm³/mol. The van der Waals surface area contributed by atoms with Crippen LogP contribution in [0.5, 0.6) is 0 Å². The van der Waals surface area contributed by atoms with E-state index in [-0.39, 0.29) is 17.6 Å². The Balaban J connectivity index is 2.36. The van der Waals surface area contributed by atoms with Gasteiger partial charge in [0, 0.05) is 0 Å². The lowest BCUT2D eigenvalue weighted by Crippen LogP contribution is -2.12. The van der Waals surface area contributed by atoms with Crippen molar-refractivity contribution >= 4 is 5.97 Å². The number of benzene rings is 1. The molecular formula is C12H11FN2O2. The van der Waals surface area contributed by atoms with Crippen LogP contribution in [0.15, 0.2) is 36.8 Å². The third-order valence-corrected chi connectivity index (χ3v) is 2.65. The molecule has 0 amide bonds. The van der Waals surface area contributed by atoms with Crippen molar-refractivity contribution in [1.29, 1.82) is 0 Å². The molecule has 0 unspecified atom stereocenters. The zero-order chi connectivity index (χ0) is 12.4. The van der Waals surface area contributed by atoms with Gasteiger partial charge in [0.05, 0.1) is 18.6 Å². The number of imidazole rings is 1. The minimum Gasteiger partial charge on any atom is -0.477 e. The van der Waals surface area contributed by atoms with E-state index in [9.17, 15) is 9.18 Å². The average molecular weight is 234 g/mol. The number of carbonyl (C=O) groups is 1. The van der Waals surface area contributed by atoms with E-state index in [1.165, 1.54) is 29.2 Å². The van der Waals surface area contributed by atoms with Gasteiger partial charge in [-0.05, 0) is 24.6 Å². The lowest BCUT2D eigenvalue weighted by Gasteiger charge is -2.15. The standard InChI is InChI=1S/C12H11FN2O2/c1-8(9-2-4-10(13)5-3-9)15-7-14-6-11(15)12(16)17/h2-8H,1H3,(H,16,17)/t8-/m1/s1. The molecule has 2 aromatic rings. The molecule has 4 nitrogen and oxygen atoms in total. The Kier molecular flexibility index (Phi) is 2.91. The molecule has 2 rings (SSSR count). The van der Waals surface area contributed by atoms with Gasteiger partial charge in [-0.1, -0.05) is 12.1 Å². The molecule has 0 aliphatic heterocycles. The number of carboxylic acids is 1. The average Bonchev–Trinajstić information content (AvgIpc) is 2.78. The molecule has 17 heavy (non-hydrogen) atoms. The van der Waals surface area contributed by atoms with Crippen LogP contribution in [0.2, 0.25) is 0 Å². The predicted octanol–water partition coefficient (Wildman–Crippen LogP) is 2.33. The van der Waals surface area contributed by atoms with Gasteiger partial charge in [-0.25, -0.2) is 14.2 Å². The van der Waals surface area contributed by atoms with Crippen LogP contribution in [0.1, 0.15) is 29.0 Å². The second-order valence-corrected chi connectivity index (χ2v) is 3.72. The molecule has 1 atom stereocenters. The lowest BCUT2D eigenvalue weighted by molar-refractivity contribution is 0.0684. The summed E-state index contributed by atoms with van der Waals surface area (Å²) in [5, 5.41) is 8.97. The van der Waals surface area contributed by atoms with E-state index >= 15 is 0 Å². The van der Waals surface area contributed by atoms with E-state index in [0.29, 0.717) is 0 Å². The molecule has 0 fully saturated rings. The molecule has 0 bridgehead atoms. The van der Waals surface area contributed by atoms with Crippen molar-refractivity contribution in [2.45, 2.75) is 13.0 Å². The molecule has 1 aromatic carbocycles. The summed E-state index contributed by atoms with van der Waals surface area (Å²) in [7, 11) is 0. The van der Waals surface area contributed by atoms with Crippen LogP contribution in [0.3, 0.4) is 0 Å². The molecule has 0 radical (unpaired) electrons. The van der Waals surface area contributed by atoms with Gasteiger partial charge in [0.25, 0.3) is 0 Å². The molecule has 0 saturated carbocycles. The molecule has 1 aromatic heterocycles. The summed E-state index contributed by atoms with van der Waals surface area (Å²) >= 11 is 0. The second kappa shape index (κ2) is 4.37. The summed E-state index contributed by atoms with van der Waals surface area (Å²) in [6.07, 6.45) is 2.75. The van der Waals surface area contributed by atoms with E-state index in [1.807, 2.05) is 6.92 Å². The molecule has 0 aliphatic rings. The second-order valence-electron chi connectivity index (χ2n) is 3.72. The van der Waals surface area contributed by atoms with Crippen molar-refractivity contribution in [2.75, 3.05) is 0 Å². The summed E-state index contributed by atoms with van der Waals surface area (Å²) in [4.78, 5) is 14.8. The first-order valence-corrected chi connectivity index (χ1v) is 5.10. The molecule has 0 spiro atoms. The number of halogens is 1. The van der Waals surface area contributed by atoms with Gasteiger partial charge >= 0.3 is 5.97 Å². The summed E-state index contributed by atoms with van der Waals surface area (Å²) in [6, 6.07) is 5.76. The minimum atomic E-state index is -1.03. The number of hydrogen-bond acceptors (Lipinski definition) is 2. The zero-order valence-electron chi connectivity index (χ0n) is 9.17. The largest absolute Gasteiger partial charge is 0.477 e. The normalized spacial score (nSPS) is 12.4. The van der Waals surface area contributed by atoms with Crippen molar-refractivity contribution in [1.82, 2.24) is 9.55 Å². The fraction of sp³-hybridized carbons (Fsp3) is 0.167. The fourth-order valence-electron chi connectivity index (χ4n) is 1.68. The topological polar surface area (TPSA) is 55.1 Å². The Morgan fingerprint density at radius 2 is 2.06 bits per heavy atom. The van der Waals surface area contributed by atoms with Gasteiger partial charge in [0.2, 0.25) is 0 Å². The number of aromatic nitrogens is 2. The minimum absolute atomic E-state index is 0.113. The third kappa shape index (κ3) is 2.18. The summed E-state index contributed by atoms with van der Waals surface area (Å²) in [5.74, 6) is -1.35. The Morgan fingerprint density at radius 1 is 1.41 bits per heavy atom. The molecule has 0 saturated heterocycles. The number of hydrogen-bond donors (Lipinski definition) is 1. The van der Waals surface area contributed by atoms with E-state index in [0.717, 1.165) is 5.56 Å². The van der Waals surface area contributed by atoms with Crippen LogP contribution in [0.4, 0.5) is 4.39 Å². The van der Waals surface area contributed by atoms with E-state index in [1.54, 1.807) is 12.1 Å². The maximum absolute atomic E-state index is 12.8. The molecule has 1 N–H and O–H groups in total. The molecule has 88 valence electrons. The van der Waals surface area contributed by atoms with Gasteiger partial charge < -0.3 is 9.67 Å². The van der Waals surface area contributed by atoms with Crippen molar-refractivity contribution in [3.63, 3.8) is 0 Å². The van der Waals surface area contributed by atoms with E-state index in [2.05, 4.69) is 4.98 Å². The fourth-order valence-corrected chi connectivity index (χ4v) is 1.68. The molecule has 0 aliphatic carbocycles. The summed E-state index contributed by atoms with van der Waals surface area (Å²) in [6.45, 7) is 1.83. The molecule has 1 heterocycles. The van der Waals surface area contributed by atoms with Crippen LogP contribution in [-0.2, 0) is 0 Å². The van der Waals surface area contributed by atoms with Gasteiger partial charge in [-0.15, -0.1) is 0 Å². The van der Waals surface area contributed by atoms with Crippen LogP contribution in [0, 0.1) is 5.82 Å². The van der Waals surface area contributed by atoms with Crippen molar-refractivity contribution in [2.24, 2.45) is 0 Å². The van der Waals surface area contributed by atoms with Gasteiger partial charge in [0.15, 0.2) is 0 Å². The van der Waals surface area contributed by atoms with Crippen LogP contribution >= 0.6 is 0 Å². The Labute approximate surface area is 97.3 Å². The first kappa shape index (κ1) is 11.3. The van der Waals surface area contributed by atoms with Crippen molar-refractivity contribution < 1.29 is 14.3 Å². The van der Waals surface area contributed by atoms with E-state index in [4.69, 9.17) is 5.11 Å². The summed E-state index contributed by atoms with van der Waals surface area (Å²) in [5.41, 5.74) is 0.939. The number of aromatic carboxylic acids is 1. The Bertz CT molecular complexity index is 534. The van der Waals surface area contributed by atoms with Crippen LogP contribution in [0.25, 0.3) is 0 Å². The highest BCUT2D eigenvalue weighted by Gasteiger charge is 2.15. The van der Waals surface area contributed by atoms with Crippen molar-refractivity contribution in [3.8, 4) is 0 Å². The Hall–Kier alpha value is -2.17. The van der Waals surface area contributed by atoms with Crippen LogP contribution < -0.4 is 0 Å². The van der Waals surface area contributed by atoms with Gasteiger partial charge in [-0.2, -0.15) is 0 Å². The monoisotopic (exact) mass is 234 g/mol. The highest BCUT2D eigenvalue weighted by molar-refractivity contribution is 5.85. The van der Waals surface area contributed by atoms with Gasteiger partial charge in [0.1, 0.15) is 11.5 Å². The number of nitrogens with zero attached hydrogens (tertiary/aromatic N) is 2. The maximum atomic E-state index is 12.8. The van der Waals surface area contributed by atoms with Crippen molar-refractivity contribution in [3.05, 3.63) is 53.9 Å². The van der Waals surface area contributed by atoms with E-state index < -0.39 is 5.97 Å². The molecule has 5 heteroatoms. The first-order chi connectivity index (χ1) is 8.09. The highest BCUT2D eigenvalue weighted by atomic mass is 19.1. The zero-order valence-corrected chi connectivity index (χ0v) is 9.17. The van der Waals surface area contributed by atoms with Gasteiger partial charge in [-0.3, -0.25) is 0 Å².